The van der Waals surface area contributed by atoms with Crippen molar-refractivity contribution >= 4 is 22.5 Å². The molecule has 0 radical (unpaired) electrons. The SMILES string of the molecule is Oc1ccc(-n2cc(-c3cccc(Cl)c3)nn2)c2cccnc12. The predicted octanol–water partition coefficient (Wildman–Crippen LogP) is 3.84. The van der Waals surface area contributed by atoms with Gasteiger partial charge in [0.25, 0.3) is 0 Å². The van der Waals surface area contributed by atoms with Gasteiger partial charge in [0.1, 0.15) is 17.0 Å². The van der Waals surface area contributed by atoms with E-state index in [1.54, 1.807) is 23.0 Å². The maximum absolute atomic E-state index is 9.93. The first-order chi connectivity index (χ1) is 11.2. The summed E-state index contributed by atoms with van der Waals surface area (Å²) in [7, 11) is 0. The van der Waals surface area contributed by atoms with E-state index in [1.165, 1.54) is 0 Å². The maximum Gasteiger partial charge on any atom is 0.141 e. The fourth-order valence-corrected chi connectivity index (χ4v) is 2.69. The van der Waals surface area contributed by atoms with Crippen molar-refractivity contribution in [2.75, 3.05) is 0 Å². The summed E-state index contributed by atoms with van der Waals surface area (Å²) in [4.78, 5) is 4.21. The Labute approximate surface area is 136 Å². The Kier molecular flexibility index (Phi) is 3.20. The van der Waals surface area contributed by atoms with E-state index in [2.05, 4.69) is 15.3 Å². The number of hydrogen-bond acceptors (Lipinski definition) is 4. The molecule has 0 saturated carbocycles. The molecule has 2 heterocycles. The molecule has 6 heteroatoms. The lowest BCUT2D eigenvalue weighted by atomic mass is 10.1. The molecule has 4 rings (SSSR count). The summed E-state index contributed by atoms with van der Waals surface area (Å²) in [6.07, 6.45) is 3.47. The lowest BCUT2D eigenvalue weighted by Crippen LogP contribution is -1.96. The largest absolute Gasteiger partial charge is 0.506 e. The molecule has 0 fully saturated rings. The van der Waals surface area contributed by atoms with Crippen LogP contribution in [0.2, 0.25) is 5.02 Å². The Morgan fingerprint density at radius 1 is 1.04 bits per heavy atom. The molecule has 4 aromatic rings. The monoisotopic (exact) mass is 322 g/mol. The van der Waals surface area contributed by atoms with Crippen LogP contribution in [0.4, 0.5) is 0 Å². The van der Waals surface area contributed by atoms with Gasteiger partial charge in [0, 0.05) is 22.2 Å². The molecule has 0 bridgehead atoms. The third kappa shape index (κ3) is 2.41. The Hall–Kier alpha value is -2.92. The highest BCUT2D eigenvalue weighted by Crippen LogP contribution is 2.28. The van der Waals surface area contributed by atoms with Crippen LogP contribution in [0.3, 0.4) is 0 Å². The molecule has 0 aliphatic heterocycles. The van der Waals surface area contributed by atoms with Crippen molar-refractivity contribution in [1.29, 1.82) is 0 Å². The molecule has 0 aliphatic carbocycles. The van der Waals surface area contributed by atoms with Crippen LogP contribution >= 0.6 is 11.6 Å². The number of aromatic hydroxyl groups is 1. The molecule has 0 saturated heterocycles. The number of fused-ring (bicyclic) bond motifs is 1. The number of benzene rings is 2. The summed E-state index contributed by atoms with van der Waals surface area (Å²) < 4.78 is 1.67. The third-order valence-electron chi connectivity index (χ3n) is 3.59. The van der Waals surface area contributed by atoms with Gasteiger partial charge in [-0.1, -0.05) is 28.9 Å². The highest BCUT2D eigenvalue weighted by Gasteiger charge is 2.11. The molecular weight excluding hydrogens is 312 g/mol. The topological polar surface area (TPSA) is 63.8 Å². The molecule has 5 nitrogen and oxygen atoms in total. The second kappa shape index (κ2) is 5.37. The molecular formula is C17H11ClN4O. The van der Waals surface area contributed by atoms with Crippen LogP contribution in [0.5, 0.6) is 5.75 Å². The minimum Gasteiger partial charge on any atom is -0.506 e. The van der Waals surface area contributed by atoms with Crippen molar-refractivity contribution < 1.29 is 5.11 Å². The van der Waals surface area contributed by atoms with E-state index < -0.39 is 0 Å². The molecule has 112 valence electrons. The number of hydrogen-bond donors (Lipinski definition) is 1. The molecule has 23 heavy (non-hydrogen) atoms. The Morgan fingerprint density at radius 2 is 1.96 bits per heavy atom. The van der Waals surface area contributed by atoms with E-state index in [0.29, 0.717) is 10.5 Å². The van der Waals surface area contributed by atoms with Crippen molar-refractivity contribution in [3.05, 3.63) is 65.9 Å². The summed E-state index contributed by atoms with van der Waals surface area (Å²) in [5.41, 5.74) is 2.94. The first kappa shape index (κ1) is 13.7. The van der Waals surface area contributed by atoms with Gasteiger partial charge in [0.2, 0.25) is 0 Å². The normalized spacial score (nSPS) is 11.0. The van der Waals surface area contributed by atoms with Crippen molar-refractivity contribution in [2.45, 2.75) is 0 Å². The van der Waals surface area contributed by atoms with Gasteiger partial charge in [-0.3, -0.25) is 4.98 Å². The van der Waals surface area contributed by atoms with Crippen molar-refractivity contribution in [1.82, 2.24) is 20.0 Å². The van der Waals surface area contributed by atoms with Crippen LogP contribution in [-0.4, -0.2) is 25.1 Å². The smallest absolute Gasteiger partial charge is 0.141 e. The van der Waals surface area contributed by atoms with Gasteiger partial charge < -0.3 is 5.11 Å². The lowest BCUT2D eigenvalue weighted by Gasteiger charge is -2.06. The van der Waals surface area contributed by atoms with Crippen LogP contribution in [-0.2, 0) is 0 Å². The molecule has 0 spiro atoms. The molecule has 0 aliphatic rings. The van der Waals surface area contributed by atoms with Crippen molar-refractivity contribution in [2.24, 2.45) is 0 Å². The summed E-state index contributed by atoms with van der Waals surface area (Å²) in [5.74, 6) is 0.138. The van der Waals surface area contributed by atoms with E-state index >= 15 is 0 Å². The average Bonchev–Trinajstić information content (AvgIpc) is 3.05. The van der Waals surface area contributed by atoms with Gasteiger partial charge in [-0.2, -0.15) is 0 Å². The second-order valence-electron chi connectivity index (χ2n) is 5.06. The summed E-state index contributed by atoms with van der Waals surface area (Å²) in [6.45, 7) is 0. The number of halogens is 1. The summed E-state index contributed by atoms with van der Waals surface area (Å²) in [5, 5.41) is 19.8. The molecule has 0 unspecified atom stereocenters. The molecule has 0 amide bonds. The Balaban J connectivity index is 1.85. The number of phenols is 1. The highest BCUT2D eigenvalue weighted by atomic mass is 35.5. The minimum absolute atomic E-state index is 0.138. The third-order valence-corrected chi connectivity index (χ3v) is 3.82. The number of phenolic OH excluding ortho intramolecular Hbond substituents is 1. The first-order valence-corrected chi connectivity index (χ1v) is 7.35. The van der Waals surface area contributed by atoms with E-state index in [-0.39, 0.29) is 5.75 Å². The van der Waals surface area contributed by atoms with Gasteiger partial charge in [-0.05, 0) is 36.4 Å². The van der Waals surface area contributed by atoms with Crippen LogP contribution in [0.25, 0.3) is 27.8 Å². The fourth-order valence-electron chi connectivity index (χ4n) is 2.50. The van der Waals surface area contributed by atoms with E-state index in [4.69, 9.17) is 11.6 Å². The van der Waals surface area contributed by atoms with Crippen LogP contribution < -0.4 is 0 Å². The highest BCUT2D eigenvalue weighted by molar-refractivity contribution is 6.30. The van der Waals surface area contributed by atoms with Gasteiger partial charge >= 0.3 is 0 Å². The second-order valence-corrected chi connectivity index (χ2v) is 5.50. The minimum atomic E-state index is 0.138. The zero-order valence-corrected chi connectivity index (χ0v) is 12.6. The van der Waals surface area contributed by atoms with Crippen LogP contribution in [0.1, 0.15) is 0 Å². The number of rotatable bonds is 2. The Morgan fingerprint density at radius 3 is 2.83 bits per heavy atom. The number of pyridine rings is 1. The average molecular weight is 323 g/mol. The standard InChI is InChI=1S/C17H11ClN4O/c18-12-4-1-3-11(9-12)14-10-22(21-20-14)15-6-7-16(23)17-13(15)5-2-8-19-17/h1-10,23H. The zero-order chi connectivity index (χ0) is 15.8. The predicted molar refractivity (Wildman–Crippen MR) is 88.8 cm³/mol. The van der Waals surface area contributed by atoms with Gasteiger partial charge in [0.05, 0.1) is 11.9 Å². The van der Waals surface area contributed by atoms with E-state index in [9.17, 15) is 5.11 Å². The first-order valence-electron chi connectivity index (χ1n) is 6.98. The molecule has 0 atom stereocenters. The summed E-state index contributed by atoms with van der Waals surface area (Å²) >= 11 is 6.02. The number of aromatic nitrogens is 4. The quantitative estimate of drug-likeness (QED) is 0.609. The molecule has 2 aromatic carbocycles. The van der Waals surface area contributed by atoms with Crippen molar-refractivity contribution in [3.8, 4) is 22.7 Å². The molecule has 2 aromatic heterocycles. The number of nitrogens with zero attached hydrogens (tertiary/aromatic N) is 4. The van der Waals surface area contributed by atoms with E-state index in [1.807, 2.05) is 42.6 Å². The lowest BCUT2D eigenvalue weighted by molar-refractivity contribution is 0.480. The van der Waals surface area contributed by atoms with Gasteiger partial charge in [0.15, 0.2) is 0 Å². The van der Waals surface area contributed by atoms with Crippen LogP contribution in [0, 0.1) is 0 Å². The zero-order valence-electron chi connectivity index (χ0n) is 11.9. The van der Waals surface area contributed by atoms with Crippen molar-refractivity contribution in [3.63, 3.8) is 0 Å². The summed E-state index contributed by atoms with van der Waals surface area (Å²) in [6, 6.07) is 14.5. The maximum atomic E-state index is 9.93. The van der Waals surface area contributed by atoms with Crippen LogP contribution in [0.15, 0.2) is 60.9 Å². The fraction of sp³-hybridized carbons (Fsp3) is 0. The Bertz CT molecular complexity index is 1010. The van der Waals surface area contributed by atoms with Gasteiger partial charge in [-0.25, -0.2) is 4.68 Å². The molecule has 1 N–H and O–H groups in total. The van der Waals surface area contributed by atoms with E-state index in [0.717, 1.165) is 22.3 Å². The van der Waals surface area contributed by atoms with Gasteiger partial charge in [-0.15, -0.1) is 5.10 Å².